The van der Waals surface area contributed by atoms with Gasteiger partial charge in [-0.3, -0.25) is 14.6 Å². The highest BCUT2D eigenvalue weighted by atomic mass is 16.4. The third-order valence-electron chi connectivity index (χ3n) is 3.18. The molecule has 5 heteroatoms. The molecule has 1 saturated heterocycles. The number of carbonyl (C=O) groups excluding carboxylic acids is 1. The zero-order chi connectivity index (χ0) is 13.1. The predicted octanol–water partition coefficient (Wildman–Crippen LogP) is 1.33. The molecule has 0 saturated carbocycles. The summed E-state index contributed by atoms with van der Waals surface area (Å²) in [5, 5.41) is 9.00. The van der Waals surface area contributed by atoms with Crippen molar-refractivity contribution in [2.75, 3.05) is 13.1 Å². The lowest BCUT2D eigenvalue weighted by atomic mass is 9.98. The maximum Gasteiger partial charge on any atom is 0.308 e. The second-order valence-corrected chi connectivity index (χ2v) is 4.68. The Morgan fingerprint density at radius 3 is 2.89 bits per heavy atom. The summed E-state index contributed by atoms with van der Waals surface area (Å²) in [7, 11) is 0. The van der Waals surface area contributed by atoms with Crippen LogP contribution in [0.4, 0.5) is 0 Å². The van der Waals surface area contributed by atoms with Crippen LogP contribution in [0.1, 0.15) is 28.8 Å². The fraction of sp³-hybridized carbons (Fsp3) is 0.462. The van der Waals surface area contributed by atoms with E-state index in [1.807, 2.05) is 6.92 Å². The second-order valence-electron chi connectivity index (χ2n) is 4.68. The monoisotopic (exact) mass is 248 g/mol. The van der Waals surface area contributed by atoms with E-state index in [9.17, 15) is 9.59 Å². The van der Waals surface area contributed by atoms with Gasteiger partial charge in [-0.1, -0.05) is 0 Å². The van der Waals surface area contributed by atoms with Crippen molar-refractivity contribution < 1.29 is 14.7 Å². The van der Waals surface area contributed by atoms with Gasteiger partial charge < -0.3 is 10.0 Å². The van der Waals surface area contributed by atoms with Gasteiger partial charge >= 0.3 is 5.97 Å². The first-order valence-electron chi connectivity index (χ1n) is 6.01. The Balaban J connectivity index is 2.11. The maximum atomic E-state index is 12.2. The Bertz CT molecular complexity index is 473. The lowest BCUT2D eigenvalue weighted by molar-refractivity contribution is -0.143. The summed E-state index contributed by atoms with van der Waals surface area (Å²) in [5.74, 6) is -1.40. The van der Waals surface area contributed by atoms with Gasteiger partial charge in [-0.05, 0) is 31.4 Å². The molecule has 1 aliphatic heterocycles. The zero-order valence-electron chi connectivity index (χ0n) is 10.3. The van der Waals surface area contributed by atoms with Gasteiger partial charge in [0.15, 0.2) is 0 Å². The minimum Gasteiger partial charge on any atom is -0.481 e. The molecule has 1 aromatic rings. The van der Waals surface area contributed by atoms with E-state index in [0.29, 0.717) is 25.1 Å². The number of pyridine rings is 1. The van der Waals surface area contributed by atoms with E-state index in [0.717, 1.165) is 12.0 Å². The fourth-order valence-corrected chi connectivity index (χ4v) is 2.22. The summed E-state index contributed by atoms with van der Waals surface area (Å²) in [6.45, 7) is 2.79. The third kappa shape index (κ3) is 2.67. The number of aromatic nitrogens is 1. The van der Waals surface area contributed by atoms with E-state index < -0.39 is 11.9 Å². The average Bonchev–Trinajstić information content (AvgIpc) is 2.38. The van der Waals surface area contributed by atoms with Gasteiger partial charge in [0.05, 0.1) is 11.5 Å². The van der Waals surface area contributed by atoms with Gasteiger partial charge in [-0.15, -0.1) is 0 Å². The first-order chi connectivity index (χ1) is 8.58. The molecule has 0 aliphatic carbocycles. The lowest BCUT2D eigenvalue weighted by Gasteiger charge is -2.30. The summed E-state index contributed by atoms with van der Waals surface area (Å²) in [6, 6.07) is 1.78. The number of hydrogen-bond donors (Lipinski definition) is 1. The van der Waals surface area contributed by atoms with Crippen LogP contribution in [0.3, 0.4) is 0 Å². The molecule has 0 aromatic carbocycles. The van der Waals surface area contributed by atoms with Crippen molar-refractivity contribution in [3.05, 3.63) is 29.6 Å². The molecular formula is C13H16N2O3. The lowest BCUT2D eigenvalue weighted by Crippen LogP contribution is -2.42. The minimum absolute atomic E-state index is 0.128. The van der Waals surface area contributed by atoms with Crippen LogP contribution in [-0.2, 0) is 4.79 Å². The molecule has 1 unspecified atom stereocenters. The van der Waals surface area contributed by atoms with Gasteiger partial charge in [0.25, 0.3) is 5.91 Å². The van der Waals surface area contributed by atoms with Gasteiger partial charge in [0.1, 0.15) is 0 Å². The zero-order valence-corrected chi connectivity index (χ0v) is 10.3. The molecule has 1 aliphatic rings. The number of likely N-dealkylation sites (tertiary alicyclic amines) is 1. The minimum atomic E-state index is -0.824. The van der Waals surface area contributed by atoms with Crippen molar-refractivity contribution in [2.24, 2.45) is 5.92 Å². The van der Waals surface area contributed by atoms with Crippen molar-refractivity contribution in [2.45, 2.75) is 19.8 Å². The number of carboxylic acids is 1. The molecule has 1 amide bonds. The average molecular weight is 248 g/mol. The van der Waals surface area contributed by atoms with Crippen LogP contribution in [0.5, 0.6) is 0 Å². The quantitative estimate of drug-likeness (QED) is 0.857. The van der Waals surface area contributed by atoms with Crippen LogP contribution >= 0.6 is 0 Å². The Hall–Kier alpha value is -1.91. The topological polar surface area (TPSA) is 70.5 Å². The van der Waals surface area contributed by atoms with Crippen LogP contribution in [0.25, 0.3) is 0 Å². The Morgan fingerprint density at radius 1 is 1.44 bits per heavy atom. The largest absolute Gasteiger partial charge is 0.481 e. The number of amides is 1. The number of rotatable bonds is 2. The van der Waals surface area contributed by atoms with Crippen LogP contribution in [-0.4, -0.2) is 40.0 Å². The molecule has 1 aromatic heterocycles. The molecule has 1 N–H and O–H groups in total. The number of aliphatic carboxylic acids is 1. The van der Waals surface area contributed by atoms with Crippen molar-refractivity contribution >= 4 is 11.9 Å². The Morgan fingerprint density at radius 2 is 2.22 bits per heavy atom. The highest BCUT2D eigenvalue weighted by molar-refractivity contribution is 5.94. The van der Waals surface area contributed by atoms with Crippen molar-refractivity contribution in [3.63, 3.8) is 0 Å². The summed E-state index contributed by atoms with van der Waals surface area (Å²) >= 11 is 0. The maximum absolute atomic E-state index is 12.2. The molecule has 2 rings (SSSR count). The first-order valence-corrected chi connectivity index (χ1v) is 6.01. The van der Waals surface area contributed by atoms with Gasteiger partial charge in [0, 0.05) is 25.5 Å². The molecule has 0 spiro atoms. The van der Waals surface area contributed by atoms with E-state index in [4.69, 9.17) is 5.11 Å². The fourth-order valence-electron chi connectivity index (χ4n) is 2.22. The van der Waals surface area contributed by atoms with E-state index in [1.54, 1.807) is 17.2 Å². The van der Waals surface area contributed by atoms with Crippen LogP contribution in [0.2, 0.25) is 0 Å². The molecule has 0 bridgehead atoms. The van der Waals surface area contributed by atoms with E-state index in [2.05, 4.69) is 4.98 Å². The number of carbonyl (C=O) groups is 2. The molecule has 0 radical (unpaired) electrons. The summed E-state index contributed by atoms with van der Waals surface area (Å²) < 4.78 is 0. The van der Waals surface area contributed by atoms with Gasteiger partial charge in [0.2, 0.25) is 0 Å². The number of piperidine rings is 1. The second kappa shape index (κ2) is 5.16. The van der Waals surface area contributed by atoms with E-state index >= 15 is 0 Å². The highest BCUT2D eigenvalue weighted by Gasteiger charge is 2.28. The number of aryl methyl sites for hydroxylation is 1. The summed E-state index contributed by atoms with van der Waals surface area (Å²) in [6.07, 6.45) is 4.60. The predicted molar refractivity (Wildman–Crippen MR) is 65.2 cm³/mol. The van der Waals surface area contributed by atoms with Crippen LogP contribution in [0.15, 0.2) is 18.5 Å². The number of nitrogens with zero attached hydrogens (tertiary/aromatic N) is 2. The molecule has 5 nitrogen and oxygen atoms in total. The van der Waals surface area contributed by atoms with Crippen molar-refractivity contribution in [1.82, 2.24) is 9.88 Å². The number of hydrogen-bond acceptors (Lipinski definition) is 3. The Kier molecular flexibility index (Phi) is 3.60. The SMILES string of the molecule is Cc1cncc(C(=O)N2CCCC(C(=O)O)C2)c1. The molecule has 96 valence electrons. The van der Waals surface area contributed by atoms with Crippen molar-refractivity contribution in [1.29, 1.82) is 0 Å². The molecule has 1 fully saturated rings. The van der Waals surface area contributed by atoms with Gasteiger partial charge in [-0.2, -0.15) is 0 Å². The van der Waals surface area contributed by atoms with Gasteiger partial charge in [-0.25, -0.2) is 0 Å². The smallest absolute Gasteiger partial charge is 0.308 e. The summed E-state index contributed by atoms with van der Waals surface area (Å²) in [4.78, 5) is 28.8. The highest BCUT2D eigenvalue weighted by Crippen LogP contribution is 2.18. The molecule has 1 atom stereocenters. The molecular weight excluding hydrogens is 232 g/mol. The standard InChI is InChI=1S/C13H16N2O3/c1-9-5-11(7-14-6-9)12(16)15-4-2-3-10(8-15)13(17)18/h5-7,10H,2-4,8H2,1H3,(H,17,18). The molecule has 2 heterocycles. The van der Waals surface area contributed by atoms with Crippen LogP contribution in [0, 0.1) is 12.8 Å². The normalized spacial score (nSPS) is 19.6. The summed E-state index contributed by atoms with van der Waals surface area (Å²) in [5.41, 5.74) is 1.45. The first kappa shape index (κ1) is 12.5. The van der Waals surface area contributed by atoms with E-state index in [1.165, 1.54) is 6.20 Å². The Labute approximate surface area is 105 Å². The third-order valence-corrected chi connectivity index (χ3v) is 3.18. The van der Waals surface area contributed by atoms with Crippen molar-refractivity contribution in [3.8, 4) is 0 Å². The van der Waals surface area contributed by atoms with Crippen LogP contribution < -0.4 is 0 Å². The molecule has 18 heavy (non-hydrogen) atoms. The number of carboxylic acid groups (broad SMARTS) is 1. The van der Waals surface area contributed by atoms with E-state index in [-0.39, 0.29) is 5.91 Å².